The summed E-state index contributed by atoms with van der Waals surface area (Å²) in [7, 11) is 0. The maximum atomic E-state index is 11.9. The molecule has 1 aliphatic heterocycles. The lowest BCUT2D eigenvalue weighted by Gasteiger charge is -2.28. The van der Waals surface area contributed by atoms with Crippen molar-refractivity contribution in [3.8, 4) is 0 Å². The highest BCUT2D eigenvalue weighted by molar-refractivity contribution is 5.85. The number of nitrogens with two attached hydrogens (primary N) is 1. The third-order valence-corrected chi connectivity index (χ3v) is 3.21. The van der Waals surface area contributed by atoms with E-state index >= 15 is 0 Å². The largest absolute Gasteiger partial charge is 0.373 e. The number of carbonyl (C=O) groups is 1. The third-order valence-electron chi connectivity index (χ3n) is 3.21. The van der Waals surface area contributed by atoms with Crippen molar-refractivity contribution < 1.29 is 9.53 Å². The van der Waals surface area contributed by atoms with Crippen LogP contribution in [0.4, 0.5) is 0 Å². The summed E-state index contributed by atoms with van der Waals surface area (Å²) in [5, 5.41) is 2.90. The maximum Gasteiger partial charge on any atom is 0.239 e. The Balaban J connectivity index is 2.40. The molecule has 0 saturated carbocycles. The van der Waals surface area contributed by atoms with E-state index in [0.29, 0.717) is 13.0 Å². The Kier molecular flexibility index (Phi) is 4.33. The van der Waals surface area contributed by atoms with E-state index in [4.69, 9.17) is 10.5 Å². The number of rotatable bonds is 5. The molecule has 2 unspecified atom stereocenters. The summed E-state index contributed by atoms with van der Waals surface area (Å²) < 4.78 is 5.61. The van der Waals surface area contributed by atoms with Crippen LogP contribution in [0.3, 0.4) is 0 Å². The van der Waals surface area contributed by atoms with Crippen LogP contribution in [0.5, 0.6) is 0 Å². The standard InChI is InChI=1S/C12H24N2O2/c1-4-6-12(3,13)10(15)14-9-11(2)7-5-8-16-11/h4-9,13H2,1-3H3,(H,14,15). The molecule has 0 spiro atoms. The van der Waals surface area contributed by atoms with Gasteiger partial charge in [-0.3, -0.25) is 4.79 Å². The van der Waals surface area contributed by atoms with Crippen molar-refractivity contribution in [3.05, 3.63) is 0 Å². The van der Waals surface area contributed by atoms with E-state index in [2.05, 4.69) is 5.32 Å². The highest BCUT2D eigenvalue weighted by Gasteiger charge is 2.33. The molecule has 94 valence electrons. The number of hydrogen-bond donors (Lipinski definition) is 2. The zero-order valence-electron chi connectivity index (χ0n) is 10.6. The molecule has 1 fully saturated rings. The predicted octanol–water partition coefficient (Wildman–Crippen LogP) is 1.19. The van der Waals surface area contributed by atoms with E-state index in [1.54, 1.807) is 6.92 Å². The van der Waals surface area contributed by atoms with Crippen molar-refractivity contribution in [3.63, 3.8) is 0 Å². The van der Waals surface area contributed by atoms with Gasteiger partial charge in [-0.25, -0.2) is 0 Å². The van der Waals surface area contributed by atoms with Gasteiger partial charge < -0.3 is 15.8 Å². The molecule has 0 aromatic carbocycles. The van der Waals surface area contributed by atoms with Gasteiger partial charge in [0.2, 0.25) is 5.91 Å². The molecule has 1 rings (SSSR count). The lowest BCUT2D eigenvalue weighted by atomic mass is 9.95. The minimum atomic E-state index is -0.760. The van der Waals surface area contributed by atoms with Gasteiger partial charge in [0.05, 0.1) is 11.1 Å². The van der Waals surface area contributed by atoms with E-state index < -0.39 is 5.54 Å². The van der Waals surface area contributed by atoms with E-state index in [0.717, 1.165) is 25.9 Å². The number of hydrogen-bond acceptors (Lipinski definition) is 3. The Morgan fingerprint density at radius 2 is 2.31 bits per heavy atom. The lowest BCUT2D eigenvalue weighted by Crippen LogP contribution is -2.54. The second kappa shape index (κ2) is 5.15. The molecule has 16 heavy (non-hydrogen) atoms. The highest BCUT2D eigenvalue weighted by atomic mass is 16.5. The van der Waals surface area contributed by atoms with E-state index in [9.17, 15) is 4.79 Å². The van der Waals surface area contributed by atoms with Crippen molar-refractivity contribution in [2.45, 2.75) is 57.6 Å². The summed E-state index contributed by atoms with van der Waals surface area (Å²) in [4.78, 5) is 11.9. The summed E-state index contributed by atoms with van der Waals surface area (Å²) in [5.41, 5.74) is 4.99. The van der Waals surface area contributed by atoms with E-state index in [1.165, 1.54) is 0 Å². The molecular formula is C12H24N2O2. The van der Waals surface area contributed by atoms with Crippen molar-refractivity contribution in [2.24, 2.45) is 5.73 Å². The van der Waals surface area contributed by atoms with Gasteiger partial charge in [-0.15, -0.1) is 0 Å². The first kappa shape index (κ1) is 13.5. The first-order valence-corrected chi connectivity index (χ1v) is 6.11. The second-order valence-corrected chi connectivity index (χ2v) is 5.25. The van der Waals surface area contributed by atoms with Crippen molar-refractivity contribution in [1.29, 1.82) is 0 Å². The van der Waals surface area contributed by atoms with Gasteiger partial charge in [0.1, 0.15) is 0 Å². The molecule has 0 bridgehead atoms. The van der Waals surface area contributed by atoms with Gasteiger partial charge in [-0.05, 0) is 33.1 Å². The maximum absolute atomic E-state index is 11.9. The molecule has 1 heterocycles. The van der Waals surface area contributed by atoms with Crippen LogP contribution in [0.25, 0.3) is 0 Å². The predicted molar refractivity (Wildman–Crippen MR) is 64.1 cm³/mol. The van der Waals surface area contributed by atoms with Crippen LogP contribution < -0.4 is 11.1 Å². The average molecular weight is 228 g/mol. The van der Waals surface area contributed by atoms with Gasteiger partial charge in [0.25, 0.3) is 0 Å². The minimum Gasteiger partial charge on any atom is -0.373 e. The average Bonchev–Trinajstić information content (AvgIpc) is 2.62. The molecule has 1 aliphatic rings. The first-order chi connectivity index (χ1) is 7.40. The third kappa shape index (κ3) is 3.46. The van der Waals surface area contributed by atoms with Crippen LogP contribution in [0.2, 0.25) is 0 Å². The summed E-state index contributed by atoms with van der Waals surface area (Å²) in [6, 6.07) is 0. The Morgan fingerprint density at radius 3 is 2.81 bits per heavy atom. The Morgan fingerprint density at radius 1 is 1.62 bits per heavy atom. The molecule has 4 heteroatoms. The Hall–Kier alpha value is -0.610. The second-order valence-electron chi connectivity index (χ2n) is 5.25. The summed E-state index contributed by atoms with van der Waals surface area (Å²) in [6.07, 6.45) is 3.69. The zero-order chi connectivity index (χ0) is 12.2. The molecule has 0 aromatic heterocycles. The SMILES string of the molecule is CCCC(C)(N)C(=O)NCC1(C)CCCO1. The van der Waals surface area contributed by atoms with Crippen molar-refractivity contribution in [2.75, 3.05) is 13.2 Å². The van der Waals surface area contributed by atoms with Crippen LogP contribution >= 0.6 is 0 Å². The van der Waals surface area contributed by atoms with Gasteiger partial charge >= 0.3 is 0 Å². The number of nitrogens with one attached hydrogen (secondary N) is 1. The van der Waals surface area contributed by atoms with E-state index in [1.807, 2.05) is 13.8 Å². The van der Waals surface area contributed by atoms with Gasteiger partial charge in [0.15, 0.2) is 0 Å². The highest BCUT2D eigenvalue weighted by Crippen LogP contribution is 2.24. The summed E-state index contributed by atoms with van der Waals surface area (Å²) in [5.74, 6) is -0.0777. The Labute approximate surface area is 97.9 Å². The molecule has 0 radical (unpaired) electrons. The van der Waals surface area contributed by atoms with Crippen molar-refractivity contribution in [1.82, 2.24) is 5.32 Å². The summed E-state index contributed by atoms with van der Waals surface area (Å²) >= 11 is 0. The zero-order valence-corrected chi connectivity index (χ0v) is 10.6. The van der Waals surface area contributed by atoms with Crippen LogP contribution in [0.15, 0.2) is 0 Å². The van der Waals surface area contributed by atoms with Gasteiger partial charge in [0, 0.05) is 13.2 Å². The fourth-order valence-electron chi connectivity index (χ4n) is 2.08. The van der Waals surface area contributed by atoms with Crippen LogP contribution in [0, 0.1) is 0 Å². The first-order valence-electron chi connectivity index (χ1n) is 6.11. The topological polar surface area (TPSA) is 64.4 Å². The fraction of sp³-hybridized carbons (Fsp3) is 0.917. The van der Waals surface area contributed by atoms with Gasteiger partial charge in [-0.1, -0.05) is 13.3 Å². The smallest absolute Gasteiger partial charge is 0.239 e. The molecule has 4 nitrogen and oxygen atoms in total. The molecule has 0 aromatic rings. The quantitative estimate of drug-likeness (QED) is 0.743. The normalized spacial score (nSPS) is 28.8. The molecule has 1 saturated heterocycles. The van der Waals surface area contributed by atoms with Crippen LogP contribution in [-0.2, 0) is 9.53 Å². The fourth-order valence-corrected chi connectivity index (χ4v) is 2.08. The molecule has 0 aliphatic carbocycles. The van der Waals surface area contributed by atoms with E-state index in [-0.39, 0.29) is 11.5 Å². The van der Waals surface area contributed by atoms with Crippen molar-refractivity contribution >= 4 is 5.91 Å². The number of carbonyl (C=O) groups excluding carboxylic acids is 1. The molecular weight excluding hydrogens is 204 g/mol. The number of ether oxygens (including phenoxy) is 1. The van der Waals surface area contributed by atoms with Gasteiger partial charge in [-0.2, -0.15) is 0 Å². The summed E-state index contributed by atoms with van der Waals surface area (Å²) in [6.45, 7) is 7.20. The monoisotopic (exact) mass is 228 g/mol. The minimum absolute atomic E-state index is 0.0777. The molecule has 3 N–H and O–H groups in total. The Bertz CT molecular complexity index is 245. The molecule has 2 atom stereocenters. The van der Waals surface area contributed by atoms with Crippen LogP contribution in [0.1, 0.15) is 46.5 Å². The molecule has 1 amide bonds. The lowest BCUT2D eigenvalue weighted by molar-refractivity contribution is -0.127. The van der Waals surface area contributed by atoms with Crippen LogP contribution in [-0.4, -0.2) is 30.2 Å². The number of amides is 1.